The first kappa shape index (κ1) is 13.6. The van der Waals surface area contributed by atoms with Crippen LogP contribution in [0.15, 0.2) is 24.3 Å². The van der Waals surface area contributed by atoms with Crippen molar-refractivity contribution in [3.05, 3.63) is 35.1 Å². The van der Waals surface area contributed by atoms with E-state index >= 15 is 0 Å². The molecule has 0 fully saturated rings. The largest absolute Gasteiger partial charge is 0.308 e. The lowest BCUT2D eigenvalue weighted by molar-refractivity contribution is 0.585. The van der Waals surface area contributed by atoms with E-state index in [9.17, 15) is 4.39 Å². The highest BCUT2D eigenvalue weighted by atomic mass is 32.1. The van der Waals surface area contributed by atoms with E-state index < -0.39 is 0 Å². The van der Waals surface area contributed by atoms with Crippen LogP contribution in [0.4, 0.5) is 4.39 Å². The Kier molecular flexibility index (Phi) is 3.78. The van der Waals surface area contributed by atoms with E-state index in [0.717, 1.165) is 31.5 Å². The van der Waals surface area contributed by atoms with Crippen molar-refractivity contribution in [2.24, 2.45) is 0 Å². The number of aromatic nitrogens is 2. The van der Waals surface area contributed by atoms with Gasteiger partial charge in [0, 0.05) is 17.3 Å². The third kappa shape index (κ3) is 2.87. The zero-order valence-corrected chi connectivity index (χ0v) is 12.8. The Morgan fingerprint density at radius 2 is 2.05 bits per heavy atom. The predicted molar refractivity (Wildman–Crippen MR) is 82.7 cm³/mol. The van der Waals surface area contributed by atoms with Crippen LogP contribution >= 0.6 is 22.7 Å². The van der Waals surface area contributed by atoms with Gasteiger partial charge in [-0.3, -0.25) is 0 Å². The van der Waals surface area contributed by atoms with Gasteiger partial charge in [-0.1, -0.05) is 31.3 Å². The van der Waals surface area contributed by atoms with Crippen molar-refractivity contribution in [2.45, 2.75) is 26.4 Å². The van der Waals surface area contributed by atoms with Gasteiger partial charge in [0.1, 0.15) is 10.8 Å². The van der Waals surface area contributed by atoms with Crippen molar-refractivity contribution in [2.75, 3.05) is 0 Å². The molecular weight excluding hydrogens is 293 g/mol. The summed E-state index contributed by atoms with van der Waals surface area (Å²) in [5, 5.41) is 14.7. The van der Waals surface area contributed by atoms with E-state index in [1.807, 2.05) is 6.07 Å². The molecule has 0 aliphatic heterocycles. The second-order valence-corrected chi connectivity index (χ2v) is 6.98. The number of rotatable bonds is 4. The minimum Gasteiger partial charge on any atom is -0.308 e. The highest BCUT2D eigenvalue weighted by Crippen LogP contribution is 2.35. The average Bonchev–Trinajstić information content (AvgIpc) is 3.01. The number of hydrogen-bond acceptors (Lipinski definition) is 5. The monoisotopic (exact) mass is 307 g/mol. The summed E-state index contributed by atoms with van der Waals surface area (Å²) in [6, 6.07) is 7.31. The molecule has 6 heteroatoms. The normalized spacial score (nSPS) is 11.6. The lowest BCUT2D eigenvalue weighted by atomic mass is 10.2. The van der Waals surface area contributed by atoms with Crippen molar-refractivity contribution in [3.8, 4) is 9.88 Å². The van der Waals surface area contributed by atoms with Gasteiger partial charge >= 0.3 is 0 Å². The highest BCUT2D eigenvalue weighted by Gasteiger charge is 2.11. The fourth-order valence-electron chi connectivity index (χ4n) is 1.83. The molecule has 3 rings (SSSR count). The van der Waals surface area contributed by atoms with E-state index in [1.54, 1.807) is 34.8 Å². The quantitative estimate of drug-likeness (QED) is 0.790. The van der Waals surface area contributed by atoms with Gasteiger partial charge in [0.2, 0.25) is 0 Å². The number of nitrogens with one attached hydrogen (secondary N) is 1. The Labute approximate surface area is 124 Å². The molecular formula is C14H14FN3S2. The van der Waals surface area contributed by atoms with E-state index in [-0.39, 0.29) is 5.82 Å². The molecule has 0 radical (unpaired) electrons. The summed E-state index contributed by atoms with van der Waals surface area (Å²) in [4.78, 5) is 1.04. The van der Waals surface area contributed by atoms with Crippen molar-refractivity contribution < 1.29 is 4.39 Å². The third-order valence-electron chi connectivity index (χ3n) is 2.82. The molecule has 0 spiro atoms. The Morgan fingerprint density at radius 1 is 1.20 bits per heavy atom. The van der Waals surface area contributed by atoms with E-state index in [1.165, 1.54) is 6.07 Å². The summed E-state index contributed by atoms with van der Waals surface area (Å²) in [6.07, 6.45) is 0. The van der Waals surface area contributed by atoms with Crippen LogP contribution in [0.5, 0.6) is 0 Å². The molecule has 0 atom stereocenters. The Hall–Kier alpha value is -1.37. The van der Waals surface area contributed by atoms with Crippen LogP contribution in [0, 0.1) is 5.82 Å². The maximum atomic E-state index is 13.2. The summed E-state index contributed by atoms with van der Waals surface area (Å²) in [6.45, 7) is 4.93. The second kappa shape index (κ2) is 5.55. The second-order valence-electron chi connectivity index (χ2n) is 4.83. The lowest BCUT2D eigenvalue weighted by Gasteiger charge is -2.03. The first-order chi connectivity index (χ1) is 9.61. The van der Waals surface area contributed by atoms with Crippen LogP contribution in [-0.2, 0) is 6.54 Å². The fourth-order valence-corrected chi connectivity index (χ4v) is 3.75. The fraction of sp³-hybridized carbons (Fsp3) is 0.286. The number of halogens is 1. The van der Waals surface area contributed by atoms with Crippen LogP contribution in [0.3, 0.4) is 0 Å². The van der Waals surface area contributed by atoms with Gasteiger partial charge < -0.3 is 5.32 Å². The van der Waals surface area contributed by atoms with Crippen molar-refractivity contribution in [1.29, 1.82) is 0 Å². The SMILES string of the molecule is CC(C)NCc1nnc(-c2cc3ccc(F)cc3s2)s1. The minimum atomic E-state index is -0.204. The van der Waals surface area contributed by atoms with Gasteiger partial charge in [-0.25, -0.2) is 4.39 Å². The number of fused-ring (bicyclic) bond motifs is 1. The van der Waals surface area contributed by atoms with Crippen LogP contribution in [0.1, 0.15) is 18.9 Å². The summed E-state index contributed by atoms with van der Waals surface area (Å²) in [7, 11) is 0. The zero-order valence-electron chi connectivity index (χ0n) is 11.2. The topological polar surface area (TPSA) is 37.8 Å². The molecule has 0 bridgehead atoms. The predicted octanol–water partition coefficient (Wildman–Crippen LogP) is 4.06. The summed E-state index contributed by atoms with van der Waals surface area (Å²) < 4.78 is 14.1. The molecule has 0 saturated heterocycles. The molecule has 2 aromatic heterocycles. The van der Waals surface area contributed by atoms with Crippen LogP contribution in [0.25, 0.3) is 20.0 Å². The third-order valence-corrected chi connectivity index (χ3v) is 5.01. The average molecular weight is 307 g/mol. The molecule has 0 aliphatic carbocycles. The van der Waals surface area contributed by atoms with Gasteiger partial charge in [-0.05, 0) is 23.6 Å². The van der Waals surface area contributed by atoms with Crippen LogP contribution in [0.2, 0.25) is 0 Å². The van der Waals surface area contributed by atoms with Gasteiger partial charge in [0.25, 0.3) is 0 Å². The molecule has 104 valence electrons. The summed E-state index contributed by atoms with van der Waals surface area (Å²) in [5.74, 6) is -0.204. The van der Waals surface area contributed by atoms with Crippen LogP contribution < -0.4 is 5.32 Å². The number of benzene rings is 1. The molecule has 3 nitrogen and oxygen atoms in total. The summed E-state index contributed by atoms with van der Waals surface area (Å²) >= 11 is 3.13. The van der Waals surface area contributed by atoms with Gasteiger partial charge in [0.05, 0.1) is 4.88 Å². The van der Waals surface area contributed by atoms with E-state index in [4.69, 9.17) is 0 Å². The number of thiophene rings is 1. The Morgan fingerprint density at radius 3 is 2.85 bits per heavy atom. The molecule has 20 heavy (non-hydrogen) atoms. The van der Waals surface area contributed by atoms with Gasteiger partial charge in [-0.15, -0.1) is 21.5 Å². The molecule has 1 aromatic carbocycles. The van der Waals surface area contributed by atoms with E-state index in [2.05, 4.69) is 29.4 Å². The van der Waals surface area contributed by atoms with Crippen molar-refractivity contribution >= 4 is 32.8 Å². The smallest absolute Gasteiger partial charge is 0.157 e. The van der Waals surface area contributed by atoms with Crippen molar-refractivity contribution in [1.82, 2.24) is 15.5 Å². The molecule has 0 unspecified atom stereocenters. The molecule has 0 amide bonds. The standard InChI is InChI=1S/C14H14FN3S2/c1-8(2)16-7-13-17-18-14(20-13)12-5-9-3-4-10(15)6-11(9)19-12/h3-6,8,16H,7H2,1-2H3. The number of nitrogens with zero attached hydrogens (tertiary/aromatic N) is 2. The van der Waals surface area contributed by atoms with E-state index in [0.29, 0.717) is 6.04 Å². The maximum absolute atomic E-state index is 13.2. The van der Waals surface area contributed by atoms with Crippen LogP contribution in [-0.4, -0.2) is 16.2 Å². The molecule has 1 N–H and O–H groups in total. The Balaban J connectivity index is 1.87. The first-order valence-electron chi connectivity index (χ1n) is 6.37. The van der Waals surface area contributed by atoms with Crippen molar-refractivity contribution in [3.63, 3.8) is 0 Å². The Bertz CT molecular complexity index is 733. The maximum Gasteiger partial charge on any atom is 0.157 e. The molecule has 0 saturated carbocycles. The molecule has 3 aromatic rings. The number of hydrogen-bond donors (Lipinski definition) is 1. The summed E-state index contributed by atoms with van der Waals surface area (Å²) in [5.41, 5.74) is 0. The first-order valence-corrected chi connectivity index (χ1v) is 8.00. The lowest BCUT2D eigenvalue weighted by Crippen LogP contribution is -2.21. The molecule has 2 heterocycles. The molecule has 0 aliphatic rings. The van der Waals surface area contributed by atoms with Gasteiger partial charge in [-0.2, -0.15) is 0 Å². The highest BCUT2D eigenvalue weighted by molar-refractivity contribution is 7.25. The minimum absolute atomic E-state index is 0.204. The zero-order chi connectivity index (χ0) is 14.1. The van der Waals surface area contributed by atoms with Gasteiger partial charge in [0.15, 0.2) is 5.01 Å².